The zero-order valence-electron chi connectivity index (χ0n) is 17.7. The lowest BCUT2D eigenvalue weighted by atomic mass is 10.0. The van der Waals surface area contributed by atoms with Gasteiger partial charge in [0.2, 0.25) is 0 Å². The number of nitrogens with one attached hydrogen (secondary N) is 1. The molecule has 2 aromatic carbocycles. The minimum Gasteiger partial charge on any atom is -0.469 e. The Morgan fingerprint density at radius 1 is 1.12 bits per heavy atom. The van der Waals surface area contributed by atoms with Crippen molar-refractivity contribution in [3.63, 3.8) is 0 Å². The monoisotopic (exact) mass is 503 g/mol. The Balaban J connectivity index is 2.26. The number of furan rings is 1. The molecule has 0 bridgehead atoms. The Bertz CT molecular complexity index is 1350. The van der Waals surface area contributed by atoms with Crippen molar-refractivity contribution in [1.82, 2.24) is 5.32 Å². The van der Waals surface area contributed by atoms with Gasteiger partial charge in [0, 0.05) is 30.0 Å². The molecule has 0 aliphatic heterocycles. The van der Waals surface area contributed by atoms with Crippen molar-refractivity contribution in [2.75, 3.05) is 14.2 Å². The summed E-state index contributed by atoms with van der Waals surface area (Å²) in [6.45, 7) is 0. The van der Waals surface area contributed by atoms with E-state index < -0.39 is 39.1 Å². The number of hydrogen-bond acceptors (Lipinski definition) is 7. The summed E-state index contributed by atoms with van der Waals surface area (Å²) in [5, 5.41) is 2.30. The summed E-state index contributed by atoms with van der Waals surface area (Å²) in [6, 6.07) is 6.95. The molecule has 0 aliphatic carbocycles. The number of carbonyl (C=O) groups is 2. The molecule has 8 nitrogen and oxygen atoms in total. The van der Waals surface area contributed by atoms with Gasteiger partial charge in [-0.15, -0.1) is 0 Å². The van der Waals surface area contributed by atoms with Crippen molar-refractivity contribution in [3.8, 4) is 17.1 Å². The quantitative estimate of drug-likeness (QED) is 0.225. The largest absolute Gasteiger partial charge is 0.534 e. The van der Waals surface area contributed by atoms with Gasteiger partial charge in [-0.1, -0.05) is 0 Å². The number of amides is 1. The van der Waals surface area contributed by atoms with Crippen LogP contribution in [-0.2, 0) is 26.1 Å². The number of hydrogen-bond donors (Lipinski definition) is 1. The molecule has 3 aromatic rings. The van der Waals surface area contributed by atoms with Gasteiger partial charge in [-0.2, -0.15) is 21.6 Å². The zero-order valence-corrected chi connectivity index (χ0v) is 18.5. The molecule has 3 rings (SSSR count). The summed E-state index contributed by atoms with van der Waals surface area (Å²) in [5.41, 5.74) is -5.71. The molecule has 0 aliphatic rings. The van der Waals surface area contributed by atoms with Gasteiger partial charge in [0.15, 0.2) is 0 Å². The van der Waals surface area contributed by atoms with Gasteiger partial charge in [0.1, 0.15) is 22.9 Å². The van der Waals surface area contributed by atoms with E-state index in [1.807, 2.05) is 0 Å². The Morgan fingerprint density at radius 3 is 2.32 bits per heavy atom. The van der Waals surface area contributed by atoms with Gasteiger partial charge in [0.25, 0.3) is 5.91 Å². The van der Waals surface area contributed by atoms with Crippen molar-refractivity contribution in [2.45, 2.75) is 18.3 Å². The molecule has 0 unspecified atom stereocenters. The van der Waals surface area contributed by atoms with Gasteiger partial charge < -0.3 is 18.7 Å². The van der Waals surface area contributed by atoms with Gasteiger partial charge in [-0.3, -0.25) is 9.59 Å². The van der Waals surface area contributed by atoms with Gasteiger partial charge >= 0.3 is 21.6 Å². The van der Waals surface area contributed by atoms with Crippen molar-refractivity contribution >= 4 is 33.0 Å². The van der Waals surface area contributed by atoms with E-state index in [4.69, 9.17) is 4.42 Å². The molecule has 0 radical (unpaired) electrons. The number of ether oxygens (including phenoxy) is 1. The summed E-state index contributed by atoms with van der Waals surface area (Å²) in [7, 11) is -3.66. The Hall–Kier alpha value is -3.61. The van der Waals surface area contributed by atoms with Crippen LogP contribution in [0, 0.1) is 5.82 Å². The highest BCUT2D eigenvalue weighted by Gasteiger charge is 2.49. The highest BCUT2D eigenvalue weighted by atomic mass is 32.2. The van der Waals surface area contributed by atoms with Crippen LogP contribution in [-0.4, -0.2) is 40.0 Å². The molecule has 0 fully saturated rings. The fourth-order valence-electron chi connectivity index (χ4n) is 3.10. The predicted molar refractivity (Wildman–Crippen MR) is 111 cm³/mol. The van der Waals surface area contributed by atoms with E-state index in [0.29, 0.717) is 0 Å². The normalized spacial score (nSPS) is 11.9. The number of fused-ring (bicyclic) bond motifs is 1. The second-order valence-corrected chi connectivity index (χ2v) is 8.45. The van der Waals surface area contributed by atoms with Crippen molar-refractivity contribution in [2.24, 2.45) is 0 Å². The van der Waals surface area contributed by atoms with Crippen molar-refractivity contribution in [1.29, 1.82) is 0 Å². The number of halogens is 4. The lowest BCUT2D eigenvalue weighted by molar-refractivity contribution is -0.140. The maximum Gasteiger partial charge on any atom is 0.534 e. The van der Waals surface area contributed by atoms with Crippen molar-refractivity contribution in [3.05, 3.63) is 53.3 Å². The van der Waals surface area contributed by atoms with Crippen LogP contribution in [0.4, 0.5) is 17.6 Å². The molecule has 182 valence electrons. The highest BCUT2D eigenvalue weighted by molar-refractivity contribution is 7.88. The van der Waals surface area contributed by atoms with Gasteiger partial charge in [0.05, 0.1) is 12.7 Å². The lowest BCUT2D eigenvalue weighted by Crippen LogP contribution is -2.28. The Labute approximate surface area is 190 Å². The summed E-state index contributed by atoms with van der Waals surface area (Å²) in [4.78, 5) is 24.1. The molecule has 1 amide bonds. The van der Waals surface area contributed by atoms with Crippen LogP contribution in [0.15, 0.2) is 40.8 Å². The van der Waals surface area contributed by atoms with Crippen LogP contribution in [0.25, 0.3) is 22.3 Å². The summed E-state index contributed by atoms with van der Waals surface area (Å²) in [6.07, 6.45) is -0.564. The summed E-state index contributed by atoms with van der Waals surface area (Å²) < 4.78 is 90.1. The fraction of sp³-hybridized carbons (Fsp3) is 0.238. The molecule has 0 spiro atoms. The first-order chi connectivity index (χ1) is 15.9. The SMILES string of the molecule is CNC(=O)c1c(-c2ccc(F)cc2)oc2cc(CCC(=O)OC)c(OS(=O)(=O)C(F)(F)F)cc12. The number of benzene rings is 2. The molecular weight excluding hydrogens is 486 g/mol. The second-order valence-electron chi connectivity index (χ2n) is 6.91. The van der Waals surface area contributed by atoms with E-state index >= 15 is 0 Å². The number of alkyl halides is 3. The number of esters is 1. The minimum absolute atomic E-state index is 0.00505. The first kappa shape index (κ1) is 25.0. The van der Waals surface area contributed by atoms with E-state index in [1.54, 1.807) is 0 Å². The van der Waals surface area contributed by atoms with Gasteiger partial charge in [-0.25, -0.2) is 4.39 Å². The Morgan fingerprint density at radius 2 is 1.76 bits per heavy atom. The minimum atomic E-state index is -6.06. The van der Waals surface area contributed by atoms with Crippen LogP contribution in [0.1, 0.15) is 22.3 Å². The highest BCUT2D eigenvalue weighted by Crippen LogP contribution is 2.39. The van der Waals surface area contributed by atoms with E-state index in [1.165, 1.54) is 25.2 Å². The standard InChI is InChI=1S/C21H17F4NO7S/c1-26-20(28)18-14-10-15(33-34(29,30)21(23,24)25)12(5-8-17(27)31-2)9-16(14)32-19(18)11-3-6-13(22)7-4-11/h3-4,6-7,9-10H,5,8H2,1-2H3,(H,26,28). The number of carbonyl (C=O) groups excluding carboxylic acids is 2. The van der Waals surface area contributed by atoms with E-state index in [9.17, 15) is 35.6 Å². The molecule has 0 saturated carbocycles. The third-order valence-electron chi connectivity index (χ3n) is 4.74. The number of rotatable bonds is 7. The molecular formula is C21H17F4NO7S. The van der Waals surface area contributed by atoms with Crippen LogP contribution >= 0.6 is 0 Å². The topological polar surface area (TPSA) is 112 Å². The number of aryl methyl sites for hydroxylation is 1. The molecule has 0 atom stereocenters. The number of methoxy groups -OCH3 is 1. The molecule has 34 heavy (non-hydrogen) atoms. The third kappa shape index (κ3) is 4.98. The van der Waals surface area contributed by atoms with Gasteiger partial charge in [-0.05, 0) is 42.8 Å². The lowest BCUT2D eigenvalue weighted by Gasteiger charge is -2.13. The Kier molecular flexibility index (Phi) is 6.87. The first-order valence-corrected chi connectivity index (χ1v) is 10.9. The average molecular weight is 503 g/mol. The van der Waals surface area contributed by atoms with E-state index in [0.717, 1.165) is 25.3 Å². The molecule has 13 heteroatoms. The average Bonchev–Trinajstić information content (AvgIpc) is 3.14. The van der Waals surface area contributed by atoms with Crippen LogP contribution < -0.4 is 9.50 Å². The molecule has 1 N–H and O–H groups in total. The van der Waals surface area contributed by atoms with E-state index in [2.05, 4.69) is 14.2 Å². The first-order valence-electron chi connectivity index (χ1n) is 9.53. The van der Waals surface area contributed by atoms with Crippen LogP contribution in [0.5, 0.6) is 5.75 Å². The maximum atomic E-state index is 13.4. The molecule has 1 aromatic heterocycles. The second kappa shape index (κ2) is 9.33. The van der Waals surface area contributed by atoms with E-state index in [-0.39, 0.29) is 46.3 Å². The van der Waals surface area contributed by atoms with Crippen LogP contribution in [0.3, 0.4) is 0 Å². The fourth-order valence-corrected chi connectivity index (χ4v) is 3.58. The summed E-state index contributed by atoms with van der Waals surface area (Å²) >= 11 is 0. The summed E-state index contributed by atoms with van der Waals surface area (Å²) in [5.74, 6) is -2.75. The zero-order chi connectivity index (χ0) is 25.3. The maximum absolute atomic E-state index is 13.4. The predicted octanol–water partition coefficient (Wildman–Crippen LogP) is 3.93. The van der Waals surface area contributed by atoms with Crippen molar-refractivity contribution < 1.29 is 48.9 Å². The smallest absolute Gasteiger partial charge is 0.469 e. The van der Waals surface area contributed by atoms with Crippen LogP contribution in [0.2, 0.25) is 0 Å². The third-order valence-corrected chi connectivity index (χ3v) is 5.71. The molecule has 1 heterocycles. The molecule has 0 saturated heterocycles.